The van der Waals surface area contributed by atoms with E-state index >= 15 is 0 Å². The minimum atomic E-state index is -0.325. The third-order valence-corrected chi connectivity index (χ3v) is 3.81. The molecule has 6 heteroatoms. The van der Waals surface area contributed by atoms with Gasteiger partial charge >= 0.3 is 0 Å². The van der Waals surface area contributed by atoms with Crippen molar-refractivity contribution in [2.45, 2.75) is 39.3 Å². The summed E-state index contributed by atoms with van der Waals surface area (Å²) in [5, 5.41) is 17.8. The van der Waals surface area contributed by atoms with Gasteiger partial charge in [-0.25, -0.2) is 0 Å². The van der Waals surface area contributed by atoms with Crippen LogP contribution in [0.3, 0.4) is 0 Å². The van der Waals surface area contributed by atoms with Crippen molar-refractivity contribution in [3.63, 3.8) is 0 Å². The van der Waals surface area contributed by atoms with Gasteiger partial charge in [-0.05, 0) is 33.7 Å². The van der Waals surface area contributed by atoms with E-state index in [1.54, 1.807) is 20.0 Å². The lowest BCUT2D eigenvalue weighted by molar-refractivity contribution is -0.386. The highest BCUT2D eigenvalue weighted by molar-refractivity contribution is 5.47. The third-order valence-electron chi connectivity index (χ3n) is 3.81. The molecule has 0 bridgehead atoms. The Morgan fingerprint density at radius 3 is 2.89 bits per heavy atom. The molecule has 1 aromatic rings. The van der Waals surface area contributed by atoms with E-state index in [2.05, 4.69) is 22.5 Å². The fraction of sp³-hybridized carbons (Fsp3) is 0.615. The molecule has 1 aliphatic heterocycles. The van der Waals surface area contributed by atoms with Crippen LogP contribution in [0.4, 0.5) is 5.69 Å². The Kier molecular flexibility index (Phi) is 3.82. The molecule has 6 nitrogen and oxygen atoms in total. The Hall–Kier alpha value is -1.53. The SMILES string of the molecule is Cc1cnc(CNC2(C)CCNC2)c(C)c1[N+](=O)[O-]. The maximum Gasteiger partial charge on any atom is 0.278 e. The second-order valence-electron chi connectivity index (χ2n) is 5.46. The molecule has 2 rings (SSSR count). The van der Waals surface area contributed by atoms with E-state index in [1.807, 2.05) is 0 Å². The second kappa shape index (κ2) is 5.22. The summed E-state index contributed by atoms with van der Waals surface area (Å²) in [7, 11) is 0. The van der Waals surface area contributed by atoms with Crippen LogP contribution in [0.15, 0.2) is 6.20 Å². The second-order valence-corrected chi connectivity index (χ2v) is 5.46. The summed E-state index contributed by atoms with van der Waals surface area (Å²) >= 11 is 0. The summed E-state index contributed by atoms with van der Waals surface area (Å²) in [4.78, 5) is 15.1. The average Bonchev–Trinajstić information content (AvgIpc) is 2.75. The van der Waals surface area contributed by atoms with Crippen LogP contribution in [0.5, 0.6) is 0 Å². The minimum absolute atomic E-state index is 0.0494. The Labute approximate surface area is 112 Å². The van der Waals surface area contributed by atoms with Crippen molar-refractivity contribution in [1.29, 1.82) is 0 Å². The molecule has 0 aromatic carbocycles. The van der Waals surface area contributed by atoms with E-state index in [0.29, 0.717) is 17.7 Å². The van der Waals surface area contributed by atoms with Crippen molar-refractivity contribution < 1.29 is 4.92 Å². The summed E-state index contributed by atoms with van der Waals surface area (Å²) in [5.74, 6) is 0. The minimum Gasteiger partial charge on any atom is -0.315 e. The molecule has 1 unspecified atom stereocenters. The molecular weight excluding hydrogens is 244 g/mol. The summed E-state index contributed by atoms with van der Waals surface area (Å²) in [6, 6.07) is 0. The number of nitrogens with zero attached hydrogens (tertiary/aromatic N) is 2. The lowest BCUT2D eigenvalue weighted by Gasteiger charge is -2.24. The molecule has 0 aliphatic carbocycles. The molecule has 1 aromatic heterocycles. The largest absolute Gasteiger partial charge is 0.315 e. The molecule has 0 spiro atoms. The highest BCUT2D eigenvalue weighted by Crippen LogP contribution is 2.24. The predicted octanol–water partition coefficient (Wildman–Crippen LogP) is 1.45. The quantitative estimate of drug-likeness (QED) is 0.635. The van der Waals surface area contributed by atoms with Crippen LogP contribution in [0.1, 0.15) is 30.2 Å². The van der Waals surface area contributed by atoms with Gasteiger partial charge in [0.2, 0.25) is 0 Å². The molecule has 1 saturated heterocycles. The first-order valence-electron chi connectivity index (χ1n) is 6.48. The maximum absolute atomic E-state index is 11.1. The van der Waals surface area contributed by atoms with Crippen molar-refractivity contribution in [1.82, 2.24) is 15.6 Å². The van der Waals surface area contributed by atoms with E-state index < -0.39 is 0 Å². The van der Waals surface area contributed by atoms with Gasteiger partial charge in [0.15, 0.2) is 0 Å². The molecule has 0 radical (unpaired) electrons. The molecule has 19 heavy (non-hydrogen) atoms. The van der Waals surface area contributed by atoms with Crippen LogP contribution in [0.2, 0.25) is 0 Å². The van der Waals surface area contributed by atoms with Gasteiger partial charge in [0.1, 0.15) is 0 Å². The molecular formula is C13H20N4O2. The van der Waals surface area contributed by atoms with Gasteiger partial charge in [0.05, 0.1) is 10.6 Å². The highest BCUT2D eigenvalue weighted by atomic mass is 16.6. The van der Waals surface area contributed by atoms with E-state index in [1.165, 1.54) is 0 Å². The number of hydrogen-bond donors (Lipinski definition) is 2. The number of nitrogens with one attached hydrogen (secondary N) is 2. The number of rotatable bonds is 4. The lowest BCUT2D eigenvalue weighted by Crippen LogP contribution is -2.43. The van der Waals surface area contributed by atoms with Crippen molar-refractivity contribution >= 4 is 5.69 Å². The van der Waals surface area contributed by atoms with E-state index in [4.69, 9.17) is 0 Å². The van der Waals surface area contributed by atoms with Crippen molar-refractivity contribution in [2.24, 2.45) is 0 Å². The topological polar surface area (TPSA) is 80.1 Å². The van der Waals surface area contributed by atoms with Gasteiger partial charge < -0.3 is 10.6 Å². The third kappa shape index (κ3) is 2.90. The van der Waals surface area contributed by atoms with Crippen LogP contribution in [0.25, 0.3) is 0 Å². The maximum atomic E-state index is 11.1. The summed E-state index contributed by atoms with van der Waals surface area (Å²) in [5.41, 5.74) is 2.26. The molecule has 2 heterocycles. The van der Waals surface area contributed by atoms with Gasteiger partial charge in [-0.15, -0.1) is 0 Å². The Morgan fingerprint density at radius 1 is 1.58 bits per heavy atom. The summed E-state index contributed by atoms with van der Waals surface area (Å²) in [6.45, 7) is 8.13. The van der Waals surface area contributed by atoms with Crippen LogP contribution in [-0.4, -0.2) is 28.5 Å². The number of hydrogen-bond acceptors (Lipinski definition) is 5. The first kappa shape index (κ1) is 13.9. The molecule has 1 aliphatic rings. The Bertz CT molecular complexity index is 496. The molecule has 2 N–H and O–H groups in total. The first-order chi connectivity index (χ1) is 8.93. The summed E-state index contributed by atoms with van der Waals surface area (Å²) in [6.07, 6.45) is 2.64. The number of nitro groups is 1. The molecule has 0 saturated carbocycles. The number of pyridine rings is 1. The highest BCUT2D eigenvalue weighted by Gasteiger charge is 2.28. The molecule has 0 amide bonds. The van der Waals surface area contributed by atoms with Crippen LogP contribution in [-0.2, 0) is 6.54 Å². The number of aromatic nitrogens is 1. The van der Waals surface area contributed by atoms with Crippen LogP contribution in [0, 0.1) is 24.0 Å². The van der Waals surface area contributed by atoms with Crippen LogP contribution < -0.4 is 10.6 Å². The monoisotopic (exact) mass is 264 g/mol. The standard InChI is InChI=1S/C13H20N4O2/c1-9-6-15-11(10(2)12(9)17(18)19)7-16-13(3)4-5-14-8-13/h6,14,16H,4-5,7-8H2,1-3H3. The Morgan fingerprint density at radius 2 is 2.32 bits per heavy atom. The average molecular weight is 264 g/mol. The predicted molar refractivity (Wildman–Crippen MR) is 73.1 cm³/mol. The smallest absolute Gasteiger partial charge is 0.278 e. The van der Waals surface area contributed by atoms with Crippen molar-refractivity contribution in [2.75, 3.05) is 13.1 Å². The molecule has 104 valence electrons. The zero-order valence-electron chi connectivity index (χ0n) is 11.6. The molecule has 1 fully saturated rings. The van der Waals surface area contributed by atoms with E-state index in [0.717, 1.165) is 25.2 Å². The first-order valence-corrected chi connectivity index (χ1v) is 6.48. The zero-order valence-corrected chi connectivity index (χ0v) is 11.6. The molecule has 1 atom stereocenters. The zero-order chi connectivity index (χ0) is 14.0. The fourth-order valence-corrected chi connectivity index (χ4v) is 2.49. The van der Waals surface area contributed by atoms with Crippen molar-refractivity contribution in [3.05, 3.63) is 33.1 Å². The van der Waals surface area contributed by atoms with Gasteiger partial charge in [-0.3, -0.25) is 15.1 Å². The van der Waals surface area contributed by atoms with Gasteiger partial charge in [-0.2, -0.15) is 0 Å². The lowest BCUT2D eigenvalue weighted by atomic mass is 10.0. The fourth-order valence-electron chi connectivity index (χ4n) is 2.49. The normalized spacial score (nSPS) is 22.7. The van der Waals surface area contributed by atoms with Crippen LogP contribution >= 0.6 is 0 Å². The van der Waals surface area contributed by atoms with E-state index in [9.17, 15) is 10.1 Å². The van der Waals surface area contributed by atoms with Crippen molar-refractivity contribution in [3.8, 4) is 0 Å². The Balaban J connectivity index is 2.17. The van der Waals surface area contributed by atoms with Gasteiger partial charge in [-0.1, -0.05) is 0 Å². The van der Waals surface area contributed by atoms with Gasteiger partial charge in [0, 0.05) is 36.0 Å². The van der Waals surface area contributed by atoms with Gasteiger partial charge in [0.25, 0.3) is 5.69 Å². The summed E-state index contributed by atoms with van der Waals surface area (Å²) < 4.78 is 0. The van der Waals surface area contributed by atoms with E-state index in [-0.39, 0.29) is 16.1 Å². The number of aryl methyl sites for hydroxylation is 1.